The fourth-order valence-electron chi connectivity index (χ4n) is 3.77. The standard InChI is InChI=1S/C24H22.C3H6.C2H6/c1-15-13-23(21-11-7-5-9-19(21)17(15)3)24-14-16(2)18(4)20-10-6-8-12-22(20)24;1-3-2;1-2/h5-14H,1-4H3;3H,1H2,2H3;1-2H3. The van der Waals surface area contributed by atoms with Crippen LogP contribution < -0.4 is 0 Å². The zero-order chi connectivity index (χ0) is 21.6. The summed E-state index contributed by atoms with van der Waals surface area (Å²) < 4.78 is 0. The number of fused-ring (bicyclic) bond motifs is 2. The summed E-state index contributed by atoms with van der Waals surface area (Å²) in [7, 11) is 0. The van der Waals surface area contributed by atoms with E-state index in [0.717, 1.165) is 0 Å². The maximum absolute atomic E-state index is 3.36. The van der Waals surface area contributed by atoms with Crippen LogP contribution >= 0.6 is 0 Å². The summed E-state index contributed by atoms with van der Waals surface area (Å²) in [6.45, 7) is 18.1. The molecule has 0 aliphatic heterocycles. The molecule has 4 aromatic carbocycles. The van der Waals surface area contributed by atoms with Gasteiger partial charge in [-0.15, -0.1) is 6.58 Å². The quantitative estimate of drug-likeness (QED) is 0.288. The van der Waals surface area contributed by atoms with Crippen LogP contribution in [-0.4, -0.2) is 0 Å². The van der Waals surface area contributed by atoms with Gasteiger partial charge in [-0.25, -0.2) is 0 Å². The molecule has 0 N–H and O–H groups in total. The number of aryl methyl sites for hydroxylation is 4. The SMILES string of the molecule is C=CC.CC.Cc1cc(-c2cc(C)c(C)c3ccccc23)c2ccccc2c1C. The minimum Gasteiger partial charge on any atom is -0.103 e. The van der Waals surface area contributed by atoms with E-state index in [9.17, 15) is 0 Å². The van der Waals surface area contributed by atoms with Crippen LogP contribution in [0.1, 0.15) is 43.0 Å². The molecular formula is C29H34. The highest BCUT2D eigenvalue weighted by atomic mass is 14.2. The molecule has 0 bridgehead atoms. The third-order valence-electron chi connectivity index (χ3n) is 5.44. The summed E-state index contributed by atoms with van der Waals surface area (Å²) in [6, 6.07) is 22.3. The molecule has 0 fully saturated rings. The zero-order valence-corrected chi connectivity index (χ0v) is 19.1. The molecule has 0 aliphatic carbocycles. The first-order valence-electron chi connectivity index (χ1n) is 10.5. The van der Waals surface area contributed by atoms with Crippen molar-refractivity contribution in [3.63, 3.8) is 0 Å². The molecule has 0 aromatic heterocycles. The Balaban J connectivity index is 0.000000551. The lowest BCUT2D eigenvalue weighted by Gasteiger charge is -2.16. The molecule has 0 nitrogen and oxygen atoms in total. The Kier molecular flexibility index (Phi) is 7.79. The molecule has 0 unspecified atom stereocenters. The van der Waals surface area contributed by atoms with E-state index in [1.54, 1.807) is 6.08 Å². The van der Waals surface area contributed by atoms with Crippen LogP contribution in [0.25, 0.3) is 32.7 Å². The van der Waals surface area contributed by atoms with Crippen LogP contribution in [-0.2, 0) is 0 Å². The molecule has 0 heterocycles. The fourth-order valence-corrected chi connectivity index (χ4v) is 3.77. The van der Waals surface area contributed by atoms with E-state index >= 15 is 0 Å². The van der Waals surface area contributed by atoms with Gasteiger partial charge in [0.25, 0.3) is 0 Å². The molecule has 150 valence electrons. The van der Waals surface area contributed by atoms with E-state index in [2.05, 4.69) is 94.9 Å². The van der Waals surface area contributed by atoms with Gasteiger partial charge in [-0.1, -0.05) is 80.6 Å². The highest BCUT2D eigenvalue weighted by molar-refractivity contribution is 6.07. The number of benzene rings is 4. The summed E-state index contributed by atoms with van der Waals surface area (Å²) in [5, 5.41) is 5.40. The second kappa shape index (κ2) is 10.1. The van der Waals surface area contributed by atoms with Gasteiger partial charge in [0.1, 0.15) is 0 Å². The Bertz CT molecular complexity index is 1040. The summed E-state index contributed by atoms with van der Waals surface area (Å²) in [4.78, 5) is 0. The normalized spacial score (nSPS) is 10.0. The van der Waals surface area contributed by atoms with Gasteiger partial charge < -0.3 is 0 Å². The molecule has 4 aromatic rings. The van der Waals surface area contributed by atoms with Crippen LogP contribution in [0.2, 0.25) is 0 Å². The Morgan fingerprint density at radius 1 is 0.586 bits per heavy atom. The third kappa shape index (κ3) is 4.43. The zero-order valence-electron chi connectivity index (χ0n) is 19.1. The van der Waals surface area contributed by atoms with Crippen LogP contribution in [0.15, 0.2) is 73.3 Å². The van der Waals surface area contributed by atoms with Crippen molar-refractivity contribution in [1.29, 1.82) is 0 Å². The van der Waals surface area contributed by atoms with E-state index in [1.165, 1.54) is 54.9 Å². The highest BCUT2D eigenvalue weighted by Crippen LogP contribution is 2.38. The van der Waals surface area contributed by atoms with Crippen molar-refractivity contribution >= 4 is 21.5 Å². The van der Waals surface area contributed by atoms with Gasteiger partial charge in [-0.05, 0) is 89.5 Å². The van der Waals surface area contributed by atoms with Crippen molar-refractivity contribution in [2.24, 2.45) is 0 Å². The van der Waals surface area contributed by atoms with E-state index < -0.39 is 0 Å². The lowest BCUT2D eigenvalue weighted by atomic mass is 9.87. The molecule has 0 saturated carbocycles. The van der Waals surface area contributed by atoms with Gasteiger partial charge >= 0.3 is 0 Å². The molecule has 0 saturated heterocycles. The number of hydrogen-bond donors (Lipinski definition) is 0. The van der Waals surface area contributed by atoms with E-state index in [-0.39, 0.29) is 0 Å². The monoisotopic (exact) mass is 382 g/mol. The van der Waals surface area contributed by atoms with Crippen molar-refractivity contribution < 1.29 is 0 Å². The second-order valence-electron chi connectivity index (χ2n) is 7.23. The third-order valence-corrected chi connectivity index (χ3v) is 5.44. The summed E-state index contributed by atoms with van der Waals surface area (Å²) >= 11 is 0. The topological polar surface area (TPSA) is 0 Å². The van der Waals surface area contributed by atoms with Crippen molar-refractivity contribution in [1.82, 2.24) is 0 Å². The van der Waals surface area contributed by atoms with Gasteiger partial charge in [0.15, 0.2) is 0 Å². The molecule has 4 rings (SSSR count). The molecule has 0 spiro atoms. The second-order valence-corrected chi connectivity index (χ2v) is 7.23. The van der Waals surface area contributed by atoms with Crippen LogP contribution in [0, 0.1) is 27.7 Å². The predicted octanol–water partition coefficient (Wildman–Crippen LogP) is 9.11. The molecule has 0 heteroatoms. The van der Waals surface area contributed by atoms with Gasteiger partial charge in [-0.2, -0.15) is 0 Å². The predicted molar refractivity (Wildman–Crippen MR) is 133 cm³/mol. The minimum atomic E-state index is 1.34. The number of hydrogen-bond acceptors (Lipinski definition) is 0. The largest absolute Gasteiger partial charge is 0.103 e. The molecule has 0 amide bonds. The summed E-state index contributed by atoms with van der Waals surface area (Å²) in [5.41, 5.74) is 8.14. The first-order valence-corrected chi connectivity index (χ1v) is 10.5. The highest BCUT2D eigenvalue weighted by Gasteiger charge is 2.13. The van der Waals surface area contributed by atoms with Crippen molar-refractivity contribution in [2.75, 3.05) is 0 Å². The Labute approximate surface area is 176 Å². The maximum Gasteiger partial charge on any atom is -0.00962 e. The Morgan fingerprint density at radius 3 is 1.17 bits per heavy atom. The van der Waals surface area contributed by atoms with Gasteiger partial charge in [0.05, 0.1) is 0 Å². The molecule has 0 atom stereocenters. The first-order chi connectivity index (χ1) is 14.0. The molecule has 0 radical (unpaired) electrons. The summed E-state index contributed by atoms with van der Waals surface area (Å²) in [6.07, 6.45) is 1.75. The Morgan fingerprint density at radius 2 is 0.862 bits per heavy atom. The number of rotatable bonds is 1. The smallest absolute Gasteiger partial charge is 0.00962 e. The molecular weight excluding hydrogens is 348 g/mol. The van der Waals surface area contributed by atoms with E-state index in [4.69, 9.17) is 0 Å². The first kappa shape index (κ1) is 22.4. The average molecular weight is 383 g/mol. The van der Waals surface area contributed by atoms with Crippen molar-refractivity contribution in [3.05, 3.63) is 95.6 Å². The van der Waals surface area contributed by atoms with Gasteiger partial charge in [0.2, 0.25) is 0 Å². The number of allylic oxidation sites excluding steroid dienone is 1. The maximum atomic E-state index is 3.36. The van der Waals surface area contributed by atoms with Crippen molar-refractivity contribution in [2.45, 2.75) is 48.5 Å². The molecule has 0 aliphatic rings. The fraction of sp³-hybridized carbons (Fsp3) is 0.241. The van der Waals surface area contributed by atoms with Crippen LogP contribution in [0.5, 0.6) is 0 Å². The van der Waals surface area contributed by atoms with Gasteiger partial charge in [-0.3, -0.25) is 0 Å². The average Bonchev–Trinajstić information content (AvgIpc) is 2.75. The molecule has 29 heavy (non-hydrogen) atoms. The summed E-state index contributed by atoms with van der Waals surface area (Å²) in [5.74, 6) is 0. The van der Waals surface area contributed by atoms with Gasteiger partial charge in [0, 0.05) is 0 Å². The van der Waals surface area contributed by atoms with E-state index in [1.807, 2.05) is 20.8 Å². The van der Waals surface area contributed by atoms with Crippen LogP contribution in [0.3, 0.4) is 0 Å². The lowest BCUT2D eigenvalue weighted by Crippen LogP contribution is -1.92. The Hall–Kier alpha value is -2.86. The lowest BCUT2D eigenvalue weighted by molar-refractivity contribution is 1.36. The van der Waals surface area contributed by atoms with Crippen LogP contribution in [0.4, 0.5) is 0 Å². The van der Waals surface area contributed by atoms with Crippen molar-refractivity contribution in [3.8, 4) is 11.1 Å². The minimum absolute atomic E-state index is 1.34. The van der Waals surface area contributed by atoms with E-state index in [0.29, 0.717) is 0 Å².